The number of likely N-dealkylation sites (N-methyl/N-ethyl adjacent to an activating group) is 1. The number of hydrogen-bond donors (Lipinski definition) is 2. The molecule has 2 unspecified atom stereocenters. The Balaban J connectivity index is 0.00000441. The molecule has 0 spiro atoms. The minimum Gasteiger partial charge on any atom is -0.354 e. The fourth-order valence-electron chi connectivity index (χ4n) is 2.29. The van der Waals surface area contributed by atoms with Crippen molar-refractivity contribution in [2.45, 2.75) is 37.0 Å². The van der Waals surface area contributed by atoms with Gasteiger partial charge in [-0.15, -0.1) is 30.6 Å². The summed E-state index contributed by atoms with van der Waals surface area (Å²) >= 11 is 1.94. The zero-order valence-electron chi connectivity index (χ0n) is 13.8. The first-order valence-corrected chi connectivity index (χ1v) is 8.74. The Morgan fingerprint density at radius 2 is 2.18 bits per heavy atom. The zero-order chi connectivity index (χ0) is 15.7. The molecule has 0 aromatic heterocycles. The number of aliphatic imine (C=N–C) groups is 1. The number of nitrogens with zero attached hydrogens (tertiary/aromatic N) is 2. The molecule has 2 N–H and O–H groups in total. The molecule has 1 fully saturated rings. The highest BCUT2D eigenvalue weighted by Gasteiger charge is 2.22. The molecule has 0 saturated heterocycles. The first-order chi connectivity index (χ1) is 10.1. The van der Waals surface area contributed by atoms with Gasteiger partial charge in [0, 0.05) is 31.9 Å². The first kappa shape index (κ1) is 21.6. The molecule has 1 amide bonds. The van der Waals surface area contributed by atoms with E-state index in [1.807, 2.05) is 11.8 Å². The van der Waals surface area contributed by atoms with E-state index < -0.39 is 0 Å². The van der Waals surface area contributed by atoms with Gasteiger partial charge in [-0.2, -0.15) is 11.8 Å². The van der Waals surface area contributed by atoms with Crippen LogP contribution in [0.5, 0.6) is 0 Å². The van der Waals surface area contributed by atoms with Crippen molar-refractivity contribution in [3.8, 4) is 0 Å². The lowest BCUT2D eigenvalue weighted by atomic mass is 9.95. The molecule has 1 aliphatic rings. The molecule has 0 radical (unpaired) electrons. The van der Waals surface area contributed by atoms with Crippen LogP contribution in [-0.4, -0.2) is 61.5 Å². The Bertz CT molecular complexity index is 377. The molecular weight excluding hydrogens is 411 g/mol. The molecule has 1 aliphatic carbocycles. The second kappa shape index (κ2) is 12.0. The topological polar surface area (TPSA) is 56.7 Å². The maximum absolute atomic E-state index is 11.7. The predicted molar refractivity (Wildman–Crippen MR) is 107 cm³/mol. The summed E-state index contributed by atoms with van der Waals surface area (Å²) in [5.74, 6) is 0.706. The van der Waals surface area contributed by atoms with Gasteiger partial charge >= 0.3 is 0 Å². The van der Waals surface area contributed by atoms with Gasteiger partial charge in [-0.3, -0.25) is 4.79 Å². The largest absolute Gasteiger partial charge is 0.354 e. The number of hydrogen-bond acceptors (Lipinski definition) is 3. The number of halogens is 1. The quantitative estimate of drug-likeness (QED) is 0.288. The highest BCUT2D eigenvalue weighted by atomic mass is 127. The fourth-order valence-corrected chi connectivity index (χ4v) is 3.12. The maximum Gasteiger partial charge on any atom is 0.243 e. The monoisotopic (exact) mass is 440 g/mol. The average Bonchev–Trinajstić information content (AvgIpc) is 2.49. The van der Waals surface area contributed by atoms with Gasteiger partial charge in [-0.05, 0) is 25.5 Å². The van der Waals surface area contributed by atoms with E-state index in [1.54, 1.807) is 25.1 Å². The molecule has 2 atom stereocenters. The molecule has 5 nitrogen and oxygen atoms in total. The number of carbonyl (C=O) groups is 1. The molecule has 128 valence electrons. The second-order valence-corrected chi connectivity index (χ2v) is 6.63. The highest BCUT2D eigenvalue weighted by Crippen LogP contribution is 2.26. The van der Waals surface area contributed by atoms with Crippen molar-refractivity contribution < 1.29 is 4.79 Å². The van der Waals surface area contributed by atoms with E-state index in [9.17, 15) is 4.79 Å². The van der Waals surface area contributed by atoms with Crippen molar-refractivity contribution in [2.75, 3.05) is 33.4 Å². The summed E-state index contributed by atoms with van der Waals surface area (Å²) in [6.07, 6.45) is 8.81. The Hall–Kier alpha value is -0.440. The molecule has 1 rings (SSSR count). The van der Waals surface area contributed by atoms with Crippen molar-refractivity contribution in [2.24, 2.45) is 4.99 Å². The van der Waals surface area contributed by atoms with Crippen LogP contribution in [-0.2, 0) is 4.79 Å². The van der Waals surface area contributed by atoms with Gasteiger partial charge in [0.15, 0.2) is 5.96 Å². The molecule has 7 heteroatoms. The van der Waals surface area contributed by atoms with Crippen LogP contribution in [0.2, 0.25) is 0 Å². The Morgan fingerprint density at radius 3 is 2.77 bits per heavy atom. The number of carbonyl (C=O) groups excluding carboxylic acids is 1. The normalized spacial score (nSPS) is 21.5. The number of nitrogens with one attached hydrogen (secondary N) is 2. The van der Waals surface area contributed by atoms with E-state index in [0.717, 1.165) is 18.1 Å². The van der Waals surface area contributed by atoms with Gasteiger partial charge in [-0.25, -0.2) is 4.99 Å². The number of rotatable bonds is 6. The van der Waals surface area contributed by atoms with Crippen LogP contribution in [0.1, 0.15) is 25.7 Å². The summed E-state index contributed by atoms with van der Waals surface area (Å²) in [4.78, 5) is 17.6. The molecule has 0 aromatic carbocycles. The summed E-state index contributed by atoms with van der Waals surface area (Å²) in [5.41, 5.74) is 0. The zero-order valence-corrected chi connectivity index (χ0v) is 16.9. The van der Waals surface area contributed by atoms with E-state index in [1.165, 1.54) is 12.8 Å². The van der Waals surface area contributed by atoms with Gasteiger partial charge in [0.1, 0.15) is 6.54 Å². The van der Waals surface area contributed by atoms with E-state index in [2.05, 4.69) is 28.5 Å². The molecular formula is C15H29IN4OS. The van der Waals surface area contributed by atoms with Crippen LogP contribution in [0.15, 0.2) is 17.6 Å². The van der Waals surface area contributed by atoms with Crippen molar-refractivity contribution in [3.63, 3.8) is 0 Å². The van der Waals surface area contributed by atoms with Crippen molar-refractivity contribution in [1.82, 2.24) is 15.5 Å². The molecule has 0 bridgehead atoms. The summed E-state index contributed by atoms with van der Waals surface area (Å²) in [7, 11) is 3.48. The van der Waals surface area contributed by atoms with Crippen LogP contribution >= 0.6 is 35.7 Å². The van der Waals surface area contributed by atoms with Gasteiger partial charge in [0.2, 0.25) is 5.91 Å². The third kappa shape index (κ3) is 8.26. The lowest BCUT2D eigenvalue weighted by Gasteiger charge is -2.29. The Labute approximate surface area is 155 Å². The van der Waals surface area contributed by atoms with Gasteiger partial charge < -0.3 is 15.5 Å². The molecule has 22 heavy (non-hydrogen) atoms. The Morgan fingerprint density at radius 1 is 1.45 bits per heavy atom. The average molecular weight is 440 g/mol. The number of guanidine groups is 1. The van der Waals surface area contributed by atoms with Gasteiger partial charge in [0.05, 0.1) is 0 Å². The summed E-state index contributed by atoms with van der Waals surface area (Å²) < 4.78 is 0. The Kier molecular flexibility index (Phi) is 11.8. The fraction of sp³-hybridized carbons (Fsp3) is 0.733. The standard InChI is InChI=1S/C15H28N4OS.HI/c1-5-9-16-15(17-11-14(20)19(2)3)18-12-7-6-8-13(10-12)21-4;/h5,12-13H,1,6-11H2,2-4H3,(H2,16,17,18);1H. The first-order valence-electron chi connectivity index (χ1n) is 7.45. The third-order valence-electron chi connectivity index (χ3n) is 3.59. The molecule has 1 saturated carbocycles. The van der Waals surface area contributed by atoms with E-state index in [-0.39, 0.29) is 36.4 Å². The highest BCUT2D eigenvalue weighted by molar-refractivity contribution is 14.0. The third-order valence-corrected chi connectivity index (χ3v) is 4.68. The van der Waals surface area contributed by atoms with Crippen molar-refractivity contribution >= 4 is 47.6 Å². The summed E-state index contributed by atoms with van der Waals surface area (Å²) in [5, 5.41) is 7.37. The van der Waals surface area contributed by atoms with Crippen LogP contribution in [0.4, 0.5) is 0 Å². The smallest absolute Gasteiger partial charge is 0.243 e. The molecule has 0 aromatic rings. The predicted octanol–water partition coefficient (Wildman–Crippen LogP) is 2.09. The number of amides is 1. The van der Waals surface area contributed by atoms with E-state index >= 15 is 0 Å². The van der Waals surface area contributed by atoms with Crippen molar-refractivity contribution in [3.05, 3.63) is 12.7 Å². The van der Waals surface area contributed by atoms with Gasteiger partial charge in [-0.1, -0.05) is 12.5 Å². The van der Waals surface area contributed by atoms with E-state index in [4.69, 9.17) is 0 Å². The van der Waals surface area contributed by atoms with Crippen LogP contribution in [0.25, 0.3) is 0 Å². The van der Waals surface area contributed by atoms with E-state index in [0.29, 0.717) is 18.5 Å². The van der Waals surface area contributed by atoms with Crippen LogP contribution in [0.3, 0.4) is 0 Å². The SMILES string of the molecule is C=CCNC(=NCC(=O)N(C)C)NC1CCCC(SC)C1.I. The van der Waals surface area contributed by atoms with Crippen molar-refractivity contribution in [1.29, 1.82) is 0 Å². The van der Waals surface area contributed by atoms with Gasteiger partial charge in [0.25, 0.3) is 0 Å². The minimum atomic E-state index is 0. The summed E-state index contributed by atoms with van der Waals surface area (Å²) in [6, 6.07) is 0.432. The second-order valence-electron chi connectivity index (χ2n) is 5.49. The lowest BCUT2D eigenvalue weighted by molar-refractivity contribution is -0.127. The minimum absolute atomic E-state index is 0. The molecule has 0 heterocycles. The maximum atomic E-state index is 11.7. The lowest BCUT2D eigenvalue weighted by Crippen LogP contribution is -2.46. The van der Waals surface area contributed by atoms with Crippen LogP contribution < -0.4 is 10.6 Å². The number of thioether (sulfide) groups is 1. The van der Waals surface area contributed by atoms with Crippen LogP contribution in [0, 0.1) is 0 Å². The molecule has 0 aliphatic heterocycles. The summed E-state index contributed by atoms with van der Waals surface area (Å²) in [6.45, 7) is 4.51.